The summed E-state index contributed by atoms with van der Waals surface area (Å²) < 4.78 is 5.77. The molecule has 3 atom stereocenters. The molecule has 0 bridgehead atoms. The molecule has 0 amide bonds. The van der Waals surface area contributed by atoms with Crippen LogP contribution in [0.5, 0.6) is 0 Å². The van der Waals surface area contributed by atoms with Crippen LogP contribution in [-0.4, -0.2) is 48.8 Å². The molecule has 1 heterocycles. The molecule has 1 aliphatic rings. The van der Waals surface area contributed by atoms with Crippen molar-refractivity contribution in [3.63, 3.8) is 0 Å². The Morgan fingerprint density at radius 2 is 1.71 bits per heavy atom. The van der Waals surface area contributed by atoms with Crippen molar-refractivity contribution in [2.24, 2.45) is 0 Å². The number of rotatable bonds is 6. The smallest absolute Gasteiger partial charge is 0.0565 e. The minimum atomic E-state index is 0.400. The molecule has 1 fully saturated rings. The first-order valence-corrected chi connectivity index (χ1v) is 7.18. The molecular weight excluding hydrogens is 212 g/mol. The van der Waals surface area contributed by atoms with Crippen LogP contribution in [0.3, 0.4) is 0 Å². The Kier molecular flexibility index (Phi) is 6.45. The lowest BCUT2D eigenvalue weighted by molar-refractivity contribution is -0.0437. The summed E-state index contributed by atoms with van der Waals surface area (Å²) in [5.41, 5.74) is 0. The van der Waals surface area contributed by atoms with Crippen LogP contribution in [-0.2, 0) is 4.74 Å². The van der Waals surface area contributed by atoms with Crippen LogP contribution in [0, 0.1) is 0 Å². The standard InChI is InChI=1S/C14H30N2O/c1-6-16(7-2)10-11(3)15-14-8-12(4)17-13(5)9-14/h11-15H,6-10H2,1-5H3. The van der Waals surface area contributed by atoms with E-state index in [9.17, 15) is 0 Å². The van der Waals surface area contributed by atoms with E-state index in [1.807, 2.05) is 0 Å². The Labute approximate surface area is 107 Å². The van der Waals surface area contributed by atoms with Gasteiger partial charge in [0.15, 0.2) is 0 Å². The molecule has 102 valence electrons. The topological polar surface area (TPSA) is 24.5 Å². The summed E-state index contributed by atoms with van der Waals surface area (Å²) in [7, 11) is 0. The highest BCUT2D eigenvalue weighted by Crippen LogP contribution is 2.19. The zero-order valence-corrected chi connectivity index (χ0v) is 12.2. The van der Waals surface area contributed by atoms with E-state index in [1.165, 1.54) is 0 Å². The van der Waals surface area contributed by atoms with E-state index in [-0.39, 0.29) is 0 Å². The largest absolute Gasteiger partial charge is 0.375 e. The molecule has 0 aliphatic carbocycles. The fraction of sp³-hybridized carbons (Fsp3) is 1.00. The molecule has 17 heavy (non-hydrogen) atoms. The average molecular weight is 242 g/mol. The molecule has 3 nitrogen and oxygen atoms in total. The van der Waals surface area contributed by atoms with Crippen molar-refractivity contribution >= 4 is 0 Å². The first-order valence-electron chi connectivity index (χ1n) is 7.18. The first kappa shape index (κ1) is 14.9. The maximum Gasteiger partial charge on any atom is 0.0565 e. The van der Waals surface area contributed by atoms with Gasteiger partial charge < -0.3 is 15.0 Å². The fourth-order valence-corrected chi connectivity index (χ4v) is 2.87. The predicted molar refractivity (Wildman–Crippen MR) is 73.4 cm³/mol. The maximum absolute atomic E-state index is 5.77. The first-order chi connectivity index (χ1) is 8.05. The molecule has 0 aromatic carbocycles. The van der Waals surface area contributed by atoms with Crippen LogP contribution >= 0.6 is 0 Å². The molecule has 0 aromatic heterocycles. The van der Waals surface area contributed by atoms with Gasteiger partial charge >= 0.3 is 0 Å². The third-order valence-electron chi connectivity index (χ3n) is 3.64. The Morgan fingerprint density at radius 1 is 1.18 bits per heavy atom. The SMILES string of the molecule is CCN(CC)CC(C)NC1CC(C)OC(C)C1. The molecule has 1 saturated heterocycles. The van der Waals surface area contributed by atoms with Crippen molar-refractivity contribution in [3.05, 3.63) is 0 Å². The number of ether oxygens (including phenoxy) is 1. The van der Waals surface area contributed by atoms with Gasteiger partial charge in [0.25, 0.3) is 0 Å². The van der Waals surface area contributed by atoms with Crippen LogP contribution in [0.2, 0.25) is 0 Å². The molecule has 1 N–H and O–H groups in total. The second kappa shape index (κ2) is 7.34. The summed E-state index contributed by atoms with van der Waals surface area (Å²) in [5.74, 6) is 0. The molecule has 0 spiro atoms. The van der Waals surface area contributed by atoms with Crippen LogP contribution in [0.25, 0.3) is 0 Å². The van der Waals surface area contributed by atoms with Gasteiger partial charge in [-0.2, -0.15) is 0 Å². The Balaban J connectivity index is 2.32. The molecule has 1 aliphatic heterocycles. The molecule has 1 rings (SSSR count). The van der Waals surface area contributed by atoms with Crippen LogP contribution in [0.1, 0.15) is 47.5 Å². The molecular formula is C14H30N2O. The number of hydrogen-bond acceptors (Lipinski definition) is 3. The van der Waals surface area contributed by atoms with E-state index in [0.29, 0.717) is 24.3 Å². The highest BCUT2D eigenvalue weighted by Gasteiger charge is 2.25. The third-order valence-corrected chi connectivity index (χ3v) is 3.64. The highest BCUT2D eigenvalue weighted by molar-refractivity contribution is 4.81. The predicted octanol–water partition coefficient (Wildman–Crippen LogP) is 2.26. The van der Waals surface area contributed by atoms with Gasteiger partial charge in [0.2, 0.25) is 0 Å². The van der Waals surface area contributed by atoms with Crippen molar-refractivity contribution in [1.82, 2.24) is 10.2 Å². The molecule has 0 aromatic rings. The Morgan fingerprint density at radius 3 is 2.18 bits per heavy atom. The summed E-state index contributed by atoms with van der Waals surface area (Å²) in [6, 6.07) is 1.19. The lowest BCUT2D eigenvalue weighted by atomic mass is 9.99. The van der Waals surface area contributed by atoms with Crippen molar-refractivity contribution in [2.75, 3.05) is 19.6 Å². The van der Waals surface area contributed by atoms with Crippen LogP contribution in [0.15, 0.2) is 0 Å². The lowest BCUT2D eigenvalue weighted by Crippen LogP contribution is -2.48. The summed E-state index contributed by atoms with van der Waals surface area (Å²) in [6.45, 7) is 14.5. The van der Waals surface area contributed by atoms with E-state index < -0.39 is 0 Å². The van der Waals surface area contributed by atoms with Crippen molar-refractivity contribution in [2.45, 2.75) is 71.8 Å². The molecule has 3 unspecified atom stereocenters. The van der Waals surface area contributed by atoms with Gasteiger partial charge in [-0.3, -0.25) is 0 Å². The van der Waals surface area contributed by atoms with Crippen molar-refractivity contribution < 1.29 is 4.74 Å². The van der Waals surface area contributed by atoms with Crippen molar-refractivity contribution in [1.29, 1.82) is 0 Å². The molecule has 3 heteroatoms. The van der Waals surface area contributed by atoms with Gasteiger partial charge in [-0.1, -0.05) is 13.8 Å². The van der Waals surface area contributed by atoms with E-state index >= 15 is 0 Å². The van der Waals surface area contributed by atoms with Gasteiger partial charge in [0.05, 0.1) is 12.2 Å². The summed E-state index contributed by atoms with van der Waals surface area (Å²) in [6.07, 6.45) is 3.09. The highest BCUT2D eigenvalue weighted by atomic mass is 16.5. The number of nitrogens with one attached hydrogen (secondary N) is 1. The minimum absolute atomic E-state index is 0.400. The summed E-state index contributed by atoms with van der Waals surface area (Å²) in [5, 5.41) is 3.76. The second-order valence-corrected chi connectivity index (χ2v) is 5.48. The quantitative estimate of drug-likeness (QED) is 0.773. The van der Waals surface area contributed by atoms with Crippen LogP contribution in [0.4, 0.5) is 0 Å². The summed E-state index contributed by atoms with van der Waals surface area (Å²) in [4.78, 5) is 2.48. The van der Waals surface area contributed by atoms with E-state index in [4.69, 9.17) is 4.74 Å². The van der Waals surface area contributed by atoms with E-state index in [2.05, 4.69) is 44.8 Å². The normalized spacial score (nSPS) is 31.8. The number of nitrogens with zero attached hydrogens (tertiary/aromatic N) is 1. The van der Waals surface area contributed by atoms with Gasteiger partial charge in [0, 0.05) is 18.6 Å². The number of hydrogen-bond donors (Lipinski definition) is 1. The van der Waals surface area contributed by atoms with Crippen LogP contribution < -0.4 is 5.32 Å². The minimum Gasteiger partial charge on any atom is -0.375 e. The Bertz CT molecular complexity index is 196. The average Bonchev–Trinajstić information content (AvgIpc) is 2.24. The maximum atomic E-state index is 5.77. The molecule has 0 saturated carbocycles. The van der Waals surface area contributed by atoms with Gasteiger partial charge in [-0.15, -0.1) is 0 Å². The van der Waals surface area contributed by atoms with E-state index in [1.54, 1.807) is 0 Å². The lowest BCUT2D eigenvalue weighted by Gasteiger charge is -2.35. The Hall–Kier alpha value is -0.120. The van der Waals surface area contributed by atoms with Crippen molar-refractivity contribution in [3.8, 4) is 0 Å². The van der Waals surface area contributed by atoms with Gasteiger partial charge in [-0.05, 0) is 46.7 Å². The fourth-order valence-electron chi connectivity index (χ4n) is 2.87. The zero-order chi connectivity index (χ0) is 12.8. The van der Waals surface area contributed by atoms with Gasteiger partial charge in [-0.25, -0.2) is 0 Å². The van der Waals surface area contributed by atoms with E-state index in [0.717, 1.165) is 32.5 Å². The monoisotopic (exact) mass is 242 g/mol. The second-order valence-electron chi connectivity index (χ2n) is 5.48. The van der Waals surface area contributed by atoms with Gasteiger partial charge in [0.1, 0.15) is 0 Å². The molecule has 0 radical (unpaired) electrons. The zero-order valence-electron chi connectivity index (χ0n) is 12.2. The third kappa shape index (κ3) is 5.36. The number of likely N-dealkylation sites (N-methyl/N-ethyl adjacent to an activating group) is 1. The summed E-state index contributed by atoms with van der Waals surface area (Å²) >= 11 is 0.